The third-order valence-corrected chi connectivity index (χ3v) is 6.25. The van der Waals surface area contributed by atoms with Crippen LogP contribution in [0.25, 0.3) is 0 Å². The normalized spacial score (nSPS) is 13.1. The van der Waals surface area contributed by atoms with E-state index >= 15 is 0 Å². The van der Waals surface area contributed by atoms with Crippen molar-refractivity contribution in [1.29, 1.82) is 0 Å². The lowest BCUT2D eigenvalue weighted by Crippen LogP contribution is -2.56. The van der Waals surface area contributed by atoms with E-state index in [1.54, 1.807) is 30.3 Å². The minimum atomic E-state index is -5.10. The van der Waals surface area contributed by atoms with E-state index in [0.29, 0.717) is 5.56 Å². The van der Waals surface area contributed by atoms with Crippen LogP contribution in [0.15, 0.2) is 91.0 Å². The molecule has 3 aromatic rings. The fraction of sp³-hybridized carbons (Fsp3) is 0.300. The number of hydrogen-bond acceptors (Lipinski definition) is 3. The summed E-state index contributed by atoms with van der Waals surface area (Å²) in [6.07, 6.45) is -5.04. The van der Waals surface area contributed by atoms with Crippen molar-refractivity contribution in [1.82, 2.24) is 10.6 Å². The van der Waals surface area contributed by atoms with Crippen LogP contribution < -0.4 is 10.6 Å². The zero-order valence-electron chi connectivity index (χ0n) is 21.2. The van der Waals surface area contributed by atoms with Gasteiger partial charge in [0, 0.05) is 18.8 Å². The Kier molecular flexibility index (Phi) is 9.82. The summed E-state index contributed by atoms with van der Waals surface area (Å²) in [6.45, 7) is 2.84. The molecule has 0 bridgehead atoms. The molecule has 5 nitrogen and oxygen atoms in total. The summed E-state index contributed by atoms with van der Waals surface area (Å²) in [4.78, 5) is 38.5. The fourth-order valence-electron chi connectivity index (χ4n) is 4.26. The van der Waals surface area contributed by atoms with Crippen LogP contribution in [0.5, 0.6) is 0 Å². The predicted octanol–water partition coefficient (Wildman–Crippen LogP) is 5.21. The number of amides is 2. The highest BCUT2D eigenvalue weighted by Gasteiger charge is 2.45. The largest absolute Gasteiger partial charge is 0.452 e. The Bertz CT molecular complexity index is 1160. The van der Waals surface area contributed by atoms with Gasteiger partial charge in [-0.3, -0.25) is 14.4 Å². The molecular formula is C30H31F3N2O3. The summed E-state index contributed by atoms with van der Waals surface area (Å²) in [6, 6.07) is 24.8. The van der Waals surface area contributed by atoms with Gasteiger partial charge in [-0.25, -0.2) is 0 Å². The van der Waals surface area contributed by atoms with Gasteiger partial charge in [0.1, 0.15) is 6.04 Å². The number of ketones is 1. The molecule has 3 aromatic carbocycles. The van der Waals surface area contributed by atoms with E-state index in [2.05, 4.69) is 10.6 Å². The van der Waals surface area contributed by atoms with Gasteiger partial charge < -0.3 is 10.6 Å². The standard InChI is InChI=1S/C30H31F3N2O3/c1-20(2)27(28(37)30(31,32)33)35-29(38)25(18-21-12-6-3-7-13-21)34-26(36)19-24(22-14-8-4-9-15-22)23-16-10-5-11-17-23/h3-17,20,24-25,27H,18-19H2,1-2H3,(H,34,36)(H,35,38)/t25-,27-/m0/s1. The average Bonchev–Trinajstić information content (AvgIpc) is 2.90. The first kappa shape index (κ1) is 28.6. The van der Waals surface area contributed by atoms with E-state index in [1.807, 2.05) is 60.7 Å². The molecule has 38 heavy (non-hydrogen) atoms. The molecule has 0 aliphatic carbocycles. The maximum atomic E-state index is 13.3. The van der Waals surface area contributed by atoms with Crippen LogP contribution in [0.3, 0.4) is 0 Å². The lowest BCUT2D eigenvalue weighted by atomic mass is 9.88. The maximum Gasteiger partial charge on any atom is 0.452 e. The van der Waals surface area contributed by atoms with E-state index in [0.717, 1.165) is 11.1 Å². The van der Waals surface area contributed by atoms with Gasteiger partial charge in [0.15, 0.2) is 0 Å². The molecule has 0 saturated heterocycles. The molecule has 0 saturated carbocycles. The fourth-order valence-corrected chi connectivity index (χ4v) is 4.26. The molecule has 2 atom stereocenters. The Morgan fingerprint density at radius 1 is 0.737 bits per heavy atom. The highest BCUT2D eigenvalue weighted by atomic mass is 19.4. The van der Waals surface area contributed by atoms with Crippen LogP contribution in [0.2, 0.25) is 0 Å². The van der Waals surface area contributed by atoms with E-state index in [4.69, 9.17) is 0 Å². The molecule has 3 rings (SSSR count). The molecule has 200 valence electrons. The molecule has 8 heteroatoms. The summed E-state index contributed by atoms with van der Waals surface area (Å²) in [7, 11) is 0. The van der Waals surface area contributed by atoms with Gasteiger partial charge in [-0.2, -0.15) is 13.2 Å². The molecule has 2 amide bonds. The van der Waals surface area contributed by atoms with Crippen LogP contribution in [-0.4, -0.2) is 35.9 Å². The van der Waals surface area contributed by atoms with Gasteiger partial charge in [-0.1, -0.05) is 105 Å². The van der Waals surface area contributed by atoms with E-state index in [9.17, 15) is 27.6 Å². The minimum absolute atomic E-state index is 0.0156. The highest BCUT2D eigenvalue weighted by molar-refractivity contribution is 5.95. The monoisotopic (exact) mass is 524 g/mol. The summed E-state index contributed by atoms with van der Waals surface area (Å²) in [5, 5.41) is 4.96. The van der Waals surface area contributed by atoms with Crippen LogP contribution >= 0.6 is 0 Å². The smallest absolute Gasteiger partial charge is 0.344 e. The average molecular weight is 525 g/mol. The van der Waals surface area contributed by atoms with Crippen molar-refractivity contribution in [2.75, 3.05) is 0 Å². The van der Waals surface area contributed by atoms with Crippen molar-refractivity contribution in [2.45, 2.75) is 50.9 Å². The van der Waals surface area contributed by atoms with Crippen molar-refractivity contribution in [3.05, 3.63) is 108 Å². The molecule has 0 radical (unpaired) electrons. The molecule has 0 fully saturated rings. The summed E-state index contributed by atoms with van der Waals surface area (Å²) in [5.74, 6) is -4.43. The van der Waals surface area contributed by atoms with Crippen LogP contribution in [0, 0.1) is 5.92 Å². The first-order chi connectivity index (χ1) is 18.1. The zero-order valence-corrected chi connectivity index (χ0v) is 21.2. The van der Waals surface area contributed by atoms with Crippen molar-refractivity contribution >= 4 is 17.6 Å². The Morgan fingerprint density at radius 2 is 1.21 bits per heavy atom. The third-order valence-electron chi connectivity index (χ3n) is 6.25. The lowest BCUT2D eigenvalue weighted by molar-refractivity contribution is -0.175. The molecular weight excluding hydrogens is 493 g/mol. The first-order valence-corrected chi connectivity index (χ1v) is 12.4. The van der Waals surface area contributed by atoms with Crippen molar-refractivity contribution in [2.24, 2.45) is 5.92 Å². The number of nitrogens with one attached hydrogen (secondary N) is 2. The lowest BCUT2D eigenvalue weighted by Gasteiger charge is -2.26. The molecule has 0 aromatic heterocycles. The van der Waals surface area contributed by atoms with Crippen molar-refractivity contribution < 1.29 is 27.6 Å². The third kappa shape index (κ3) is 8.03. The number of halogens is 3. The second-order valence-electron chi connectivity index (χ2n) is 9.48. The van der Waals surface area contributed by atoms with Gasteiger partial charge >= 0.3 is 6.18 Å². The van der Waals surface area contributed by atoms with Gasteiger partial charge in [-0.05, 0) is 22.6 Å². The Hall–Kier alpha value is -3.94. The number of carbonyl (C=O) groups is 3. The van der Waals surface area contributed by atoms with Crippen LogP contribution in [0.1, 0.15) is 42.9 Å². The molecule has 0 spiro atoms. The number of benzene rings is 3. The summed E-state index contributed by atoms with van der Waals surface area (Å²) < 4.78 is 39.5. The first-order valence-electron chi connectivity index (χ1n) is 12.4. The van der Waals surface area contributed by atoms with E-state index < -0.39 is 41.8 Å². The Balaban J connectivity index is 1.84. The number of hydrogen-bond donors (Lipinski definition) is 2. The Morgan fingerprint density at radius 3 is 1.66 bits per heavy atom. The van der Waals surface area contributed by atoms with Gasteiger partial charge in [0.25, 0.3) is 5.78 Å². The molecule has 0 heterocycles. The SMILES string of the molecule is CC(C)[C@H](NC(=O)[C@H](Cc1ccccc1)NC(=O)CC(c1ccccc1)c1ccccc1)C(=O)C(F)(F)F. The van der Waals surface area contributed by atoms with Gasteiger partial charge in [-0.15, -0.1) is 0 Å². The predicted molar refractivity (Wildman–Crippen MR) is 139 cm³/mol. The topological polar surface area (TPSA) is 75.3 Å². The van der Waals surface area contributed by atoms with Crippen molar-refractivity contribution in [3.63, 3.8) is 0 Å². The zero-order chi connectivity index (χ0) is 27.7. The maximum absolute atomic E-state index is 13.3. The van der Waals surface area contributed by atoms with Gasteiger partial charge in [0.05, 0.1) is 6.04 Å². The molecule has 0 unspecified atom stereocenters. The summed E-state index contributed by atoms with van der Waals surface area (Å²) in [5.41, 5.74) is 2.53. The van der Waals surface area contributed by atoms with Crippen LogP contribution in [0.4, 0.5) is 13.2 Å². The van der Waals surface area contributed by atoms with Crippen molar-refractivity contribution in [3.8, 4) is 0 Å². The minimum Gasteiger partial charge on any atom is -0.344 e. The number of Topliss-reactive ketones (excluding diaryl/α,β-unsaturated/α-hetero) is 1. The summed E-state index contributed by atoms with van der Waals surface area (Å²) >= 11 is 0. The second kappa shape index (κ2) is 13.0. The van der Waals surface area contributed by atoms with E-state index in [-0.39, 0.29) is 18.8 Å². The van der Waals surface area contributed by atoms with Gasteiger partial charge in [0.2, 0.25) is 11.8 Å². The Labute approximate surface area is 220 Å². The number of alkyl halides is 3. The van der Waals surface area contributed by atoms with Crippen LogP contribution in [-0.2, 0) is 20.8 Å². The number of carbonyl (C=O) groups excluding carboxylic acids is 3. The van der Waals surface area contributed by atoms with E-state index in [1.165, 1.54) is 13.8 Å². The molecule has 2 N–H and O–H groups in total. The second-order valence-corrected chi connectivity index (χ2v) is 9.48. The quantitative estimate of drug-likeness (QED) is 0.362. The molecule has 0 aliphatic rings. The molecule has 0 aliphatic heterocycles. The number of rotatable bonds is 11. The highest BCUT2D eigenvalue weighted by Crippen LogP contribution is 2.28.